The molecule has 3 aliphatic heterocycles. The molecule has 190 valence electrons. The highest BCUT2D eigenvalue weighted by Gasteiger charge is 2.58. The van der Waals surface area contributed by atoms with Crippen LogP contribution in [0.4, 0.5) is 18.0 Å². The van der Waals surface area contributed by atoms with E-state index >= 15 is 0 Å². The molecular weight excluding hydrogens is 481 g/mol. The molecule has 1 saturated carbocycles. The lowest BCUT2D eigenvalue weighted by Gasteiger charge is -2.63. The Balaban J connectivity index is 0.926. The van der Waals surface area contributed by atoms with Crippen molar-refractivity contribution in [2.75, 3.05) is 39.3 Å². The third kappa shape index (κ3) is 4.00. The van der Waals surface area contributed by atoms with Gasteiger partial charge in [-0.15, -0.1) is 15.3 Å². The maximum Gasteiger partial charge on any atom is 0.453 e. The summed E-state index contributed by atoms with van der Waals surface area (Å²) in [7, 11) is 0. The van der Waals surface area contributed by atoms with E-state index in [4.69, 9.17) is 0 Å². The molecule has 9 nitrogen and oxygen atoms in total. The molecule has 2 aromatic heterocycles. The minimum Gasteiger partial charge on any atom is -0.323 e. The van der Waals surface area contributed by atoms with Gasteiger partial charge in [0.1, 0.15) is 16.3 Å². The molecular formula is C22H29F3N8OS. The number of urea groups is 1. The average molecular weight is 511 g/mol. The van der Waals surface area contributed by atoms with Crippen LogP contribution in [0.25, 0.3) is 0 Å². The number of aromatic nitrogens is 5. The van der Waals surface area contributed by atoms with E-state index in [1.165, 1.54) is 4.68 Å². The summed E-state index contributed by atoms with van der Waals surface area (Å²) >= 11 is 1.68. The summed E-state index contributed by atoms with van der Waals surface area (Å²) in [6, 6.07) is 0.0128. The Bertz CT molecular complexity index is 1130. The standard InChI is InChI=1S/C22H29F3N8OS/c1-19(2,3)17-28-27-15(35-17)6-30-7-21(8-30)11-32(12-21)18(34)31-9-20(10-31)4-14(5-20)33-13-26-16(29-33)22(23,24)25/h13-14H,4-12H2,1-3H3. The lowest BCUT2D eigenvalue weighted by Crippen LogP contribution is -2.75. The summed E-state index contributed by atoms with van der Waals surface area (Å²) < 4.78 is 39.5. The highest BCUT2D eigenvalue weighted by atomic mass is 32.1. The molecule has 0 N–H and O–H groups in total. The number of rotatable bonds is 3. The van der Waals surface area contributed by atoms with E-state index in [-0.39, 0.29) is 28.3 Å². The first kappa shape index (κ1) is 23.1. The number of hydrogen-bond acceptors (Lipinski definition) is 7. The third-order valence-electron chi connectivity index (χ3n) is 7.70. The molecule has 0 radical (unpaired) electrons. The van der Waals surface area contributed by atoms with Crippen LogP contribution in [0.15, 0.2) is 6.33 Å². The van der Waals surface area contributed by atoms with E-state index in [0.29, 0.717) is 13.1 Å². The molecule has 3 saturated heterocycles. The van der Waals surface area contributed by atoms with E-state index in [9.17, 15) is 18.0 Å². The van der Waals surface area contributed by atoms with Crippen molar-refractivity contribution in [2.45, 2.75) is 57.8 Å². The van der Waals surface area contributed by atoms with Gasteiger partial charge in [0, 0.05) is 55.5 Å². The minimum absolute atomic E-state index is 0.0176. The van der Waals surface area contributed by atoms with Gasteiger partial charge in [-0.3, -0.25) is 4.90 Å². The maximum absolute atomic E-state index is 12.9. The second kappa shape index (κ2) is 7.37. The van der Waals surface area contributed by atoms with Crippen LogP contribution in [0.3, 0.4) is 0 Å². The molecule has 0 atom stereocenters. The van der Waals surface area contributed by atoms with Crippen molar-refractivity contribution < 1.29 is 18.0 Å². The fraction of sp³-hybridized carbons (Fsp3) is 0.773. The third-order valence-corrected chi connectivity index (χ3v) is 9.04. The Morgan fingerprint density at radius 3 is 2.20 bits per heavy atom. The van der Waals surface area contributed by atoms with Gasteiger partial charge < -0.3 is 9.80 Å². The number of halogens is 3. The first-order valence-corrected chi connectivity index (χ1v) is 12.7. The van der Waals surface area contributed by atoms with Gasteiger partial charge in [-0.25, -0.2) is 14.5 Å². The molecule has 2 amide bonds. The molecule has 1 aliphatic carbocycles. The summed E-state index contributed by atoms with van der Waals surface area (Å²) in [6.07, 6.45) is -1.89. The lowest BCUT2D eigenvalue weighted by molar-refractivity contribution is -0.145. The molecule has 0 unspecified atom stereocenters. The fourth-order valence-electron chi connectivity index (χ4n) is 5.99. The number of amides is 2. The van der Waals surface area contributed by atoms with Gasteiger partial charge in [-0.2, -0.15) is 13.2 Å². The summed E-state index contributed by atoms with van der Waals surface area (Å²) in [6.45, 7) is 12.1. The topological polar surface area (TPSA) is 83.3 Å². The van der Waals surface area contributed by atoms with Crippen LogP contribution in [-0.2, 0) is 18.1 Å². The van der Waals surface area contributed by atoms with E-state index in [1.807, 2.05) is 9.80 Å². The number of likely N-dealkylation sites (tertiary alicyclic amines) is 3. The fourth-order valence-corrected chi connectivity index (χ4v) is 6.93. The summed E-state index contributed by atoms with van der Waals surface area (Å²) in [4.78, 5) is 22.4. The van der Waals surface area contributed by atoms with Crippen LogP contribution >= 0.6 is 11.3 Å². The quantitative estimate of drug-likeness (QED) is 0.631. The number of alkyl halides is 3. The van der Waals surface area contributed by atoms with Crippen molar-refractivity contribution in [1.29, 1.82) is 0 Å². The summed E-state index contributed by atoms with van der Waals surface area (Å²) in [5, 5.41) is 14.4. The molecule has 4 aliphatic rings. The second-order valence-electron chi connectivity index (χ2n) is 12.0. The van der Waals surface area contributed by atoms with Crippen molar-refractivity contribution >= 4 is 17.4 Å². The Morgan fingerprint density at radius 1 is 1.03 bits per heavy atom. The first-order valence-electron chi connectivity index (χ1n) is 11.9. The Kier molecular flexibility index (Phi) is 4.87. The molecule has 2 spiro atoms. The molecule has 35 heavy (non-hydrogen) atoms. The minimum atomic E-state index is -4.52. The lowest BCUT2D eigenvalue weighted by atomic mass is 9.60. The number of nitrogens with zero attached hydrogens (tertiary/aromatic N) is 8. The SMILES string of the molecule is CC(C)(C)c1nnc(CN2CC3(C2)CN(C(=O)N2CC4(CC(n5cnc(C(F)(F)F)n5)C4)C2)C3)s1. The smallest absolute Gasteiger partial charge is 0.323 e. The Hall–Kier alpha value is -2.28. The molecule has 13 heteroatoms. The molecule has 6 rings (SSSR count). The van der Waals surface area contributed by atoms with E-state index < -0.39 is 12.0 Å². The van der Waals surface area contributed by atoms with Gasteiger partial charge >= 0.3 is 12.2 Å². The van der Waals surface area contributed by atoms with Crippen molar-refractivity contribution in [3.8, 4) is 0 Å². The van der Waals surface area contributed by atoms with E-state index in [2.05, 4.69) is 46.0 Å². The van der Waals surface area contributed by atoms with Crippen LogP contribution in [-0.4, -0.2) is 85.0 Å². The Labute approximate surface area is 205 Å². The van der Waals surface area contributed by atoms with Gasteiger partial charge in [-0.1, -0.05) is 32.1 Å². The molecule has 2 aromatic rings. The van der Waals surface area contributed by atoms with Gasteiger partial charge in [0.25, 0.3) is 5.82 Å². The van der Waals surface area contributed by atoms with Gasteiger partial charge in [0.05, 0.1) is 12.6 Å². The van der Waals surface area contributed by atoms with Crippen LogP contribution in [0.2, 0.25) is 0 Å². The Morgan fingerprint density at radius 2 is 1.66 bits per heavy atom. The molecule has 5 heterocycles. The van der Waals surface area contributed by atoms with Crippen LogP contribution in [0.5, 0.6) is 0 Å². The van der Waals surface area contributed by atoms with Crippen molar-refractivity contribution in [3.05, 3.63) is 22.2 Å². The van der Waals surface area contributed by atoms with Crippen molar-refractivity contribution in [1.82, 2.24) is 39.7 Å². The molecule has 0 aromatic carbocycles. The number of hydrogen-bond donors (Lipinski definition) is 0. The maximum atomic E-state index is 12.9. The first-order chi connectivity index (χ1) is 16.3. The second-order valence-corrected chi connectivity index (χ2v) is 13.1. The summed E-state index contributed by atoms with van der Waals surface area (Å²) in [5.41, 5.74) is 0.249. The zero-order valence-corrected chi connectivity index (χ0v) is 20.9. The predicted molar refractivity (Wildman–Crippen MR) is 121 cm³/mol. The van der Waals surface area contributed by atoms with Gasteiger partial charge in [0.2, 0.25) is 0 Å². The van der Waals surface area contributed by atoms with Crippen molar-refractivity contribution in [3.63, 3.8) is 0 Å². The van der Waals surface area contributed by atoms with E-state index in [1.54, 1.807) is 11.3 Å². The normalized spacial score (nSPS) is 23.7. The molecule has 4 fully saturated rings. The molecule has 0 bridgehead atoms. The van der Waals surface area contributed by atoms with E-state index in [0.717, 1.165) is 61.9 Å². The van der Waals surface area contributed by atoms with Crippen LogP contribution < -0.4 is 0 Å². The highest BCUT2D eigenvalue weighted by molar-refractivity contribution is 7.11. The zero-order valence-electron chi connectivity index (χ0n) is 20.0. The highest BCUT2D eigenvalue weighted by Crippen LogP contribution is 2.54. The van der Waals surface area contributed by atoms with Gasteiger partial charge in [0.15, 0.2) is 0 Å². The average Bonchev–Trinajstić information content (AvgIpc) is 3.29. The predicted octanol–water partition coefficient (Wildman–Crippen LogP) is 3.02. The zero-order chi connectivity index (χ0) is 24.8. The van der Waals surface area contributed by atoms with Crippen LogP contribution in [0, 0.1) is 10.8 Å². The monoisotopic (exact) mass is 510 g/mol. The van der Waals surface area contributed by atoms with Gasteiger partial charge in [-0.05, 0) is 12.8 Å². The number of carbonyl (C=O) groups excluding carboxylic acids is 1. The summed E-state index contributed by atoms with van der Waals surface area (Å²) in [5.74, 6) is -1.09. The van der Waals surface area contributed by atoms with Crippen LogP contribution in [0.1, 0.15) is 55.5 Å². The van der Waals surface area contributed by atoms with Crippen molar-refractivity contribution in [2.24, 2.45) is 10.8 Å². The largest absolute Gasteiger partial charge is 0.453 e. The number of carbonyl (C=O) groups is 1.